The molecular weight excluding hydrogens is 348 g/mol. The predicted molar refractivity (Wildman–Crippen MR) is 103 cm³/mol. The lowest BCUT2D eigenvalue weighted by Gasteiger charge is -2.12. The Kier molecular flexibility index (Phi) is 5.78. The fourth-order valence-electron chi connectivity index (χ4n) is 2.63. The van der Waals surface area contributed by atoms with E-state index in [-0.39, 0.29) is 17.8 Å². The van der Waals surface area contributed by atoms with Crippen molar-refractivity contribution >= 4 is 28.7 Å². The number of carbonyl (C=O) groups is 1. The summed E-state index contributed by atoms with van der Waals surface area (Å²) in [7, 11) is 0. The van der Waals surface area contributed by atoms with Gasteiger partial charge in [-0.25, -0.2) is 4.79 Å². The molecule has 2 aromatic carbocycles. The number of ether oxygens (including phenoxy) is 1. The van der Waals surface area contributed by atoms with Crippen molar-refractivity contribution in [3.8, 4) is 0 Å². The van der Waals surface area contributed by atoms with Gasteiger partial charge in [0, 0.05) is 21.9 Å². The van der Waals surface area contributed by atoms with Crippen LogP contribution in [0.5, 0.6) is 0 Å². The molecule has 0 unspecified atom stereocenters. The van der Waals surface area contributed by atoms with Gasteiger partial charge < -0.3 is 9.15 Å². The van der Waals surface area contributed by atoms with Gasteiger partial charge in [0.05, 0.1) is 0 Å². The highest BCUT2D eigenvalue weighted by molar-refractivity contribution is 8.00. The van der Waals surface area contributed by atoms with Crippen LogP contribution in [-0.2, 0) is 22.6 Å². The molecule has 1 heterocycles. The molecule has 134 valence electrons. The van der Waals surface area contributed by atoms with Crippen LogP contribution in [0.2, 0.25) is 0 Å². The molecule has 0 spiro atoms. The molecule has 1 aromatic heterocycles. The van der Waals surface area contributed by atoms with E-state index in [2.05, 4.69) is 0 Å². The largest absolute Gasteiger partial charge is 0.460 e. The SMILES string of the molecule is CCc1ccc2c(COC(=O)[C@@H](C)Sc3ccccc3)cc(=O)oc2c1. The van der Waals surface area contributed by atoms with Crippen molar-refractivity contribution < 1.29 is 13.9 Å². The van der Waals surface area contributed by atoms with Gasteiger partial charge in [-0.1, -0.05) is 37.3 Å². The maximum atomic E-state index is 12.3. The van der Waals surface area contributed by atoms with E-state index < -0.39 is 5.63 Å². The van der Waals surface area contributed by atoms with Gasteiger partial charge in [0.25, 0.3) is 0 Å². The second-order valence-corrected chi connectivity index (χ2v) is 7.37. The number of carbonyl (C=O) groups excluding carboxylic acids is 1. The monoisotopic (exact) mass is 368 g/mol. The number of aryl methyl sites for hydroxylation is 1. The minimum atomic E-state index is -0.441. The minimum absolute atomic E-state index is 0.0477. The molecule has 3 rings (SSSR count). The van der Waals surface area contributed by atoms with Crippen LogP contribution < -0.4 is 5.63 Å². The molecule has 0 amide bonds. The third-order valence-corrected chi connectivity index (χ3v) is 5.15. The lowest BCUT2D eigenvalue weighted by atomic mass is 10.1. The van der Waals surface area contributed by atoms with Crippen molar-refractivity contribution in [1.29, 1.82) is 0 Å². The van der Waals surface area contributed by atoms with E-state index in [9.17, 15) is 9.59 Å². The summed E-state index contributed by atoms with van der Waals surface area (Å²) in [4.78, 5) is 25.1. The van der Waals surface area contributed by atoms with Gasteiger partial charge in [0.15, 0.2) is 0 Å². The minimum Gasteiger partial charge on any atom is -0.460 e. The van der Waals surface area contributed by atoms with Crippen molar-refractivity contribution in [3.63, 3.8) is 0 Å². The van der Waals surface area contributed by atoms with Gasteiger partial charge in [0.1, 0.15) is 17.4 Å². The number of benzene rings is 2. The summed E-state index contributed by atoms with van der Waals surface area (Å²) in [5, 5.41) is 0.452. The van der Waals surface area contributed by atoms with Crippen LogP contribution in [-0.4, -0.2) is 11.2 Å². The molecule has 0 N–H and O–H groups in total. The van der Waals surface area contributed by atoms with Crippen LogP contribution in [0.25, 0.3) is 11.0 Å². The summed E-state index contributed by atoms with van der Waals surface area (Å²) in [6.45, 7) is 3.90. The van der Waals surface area contributed by atoms with E-state index in [0.717, 1.165) is 22.3 Å². The molecule has 0 fully saturated rings. The second kappa shape index (κ2) is 8.23. The Labute approximate surface area is 156 Å². The number of thioether (sulfide) groups is 1. The first-order chi connectivity index (χ1) is 12.6. The van der Waals surface area contributed by atoms with Gasteiger partial charge in [-0.2, -0.15) is 0 Å². The fourth-order valence-corrected chi connectivity index (χ4v) is 3.52. The van der Waals surface area contributed by atoms with Crippen LogP contribution in [0, 0.1) is 0 Å². The lowest BCUT2D eigenvalue weighted by molar-refractivity contribution is -0.143. The molecule has 0 aliphatic heterocycles. The predicted octanol–water partition coefficient (Wildman–Crippen LogP) is 4.58. The second-order valence-electron chi connectivity index (χ2n) is 5.96. The molecule has 0 radical (unpaired) electrons. The summed E-state index contributed by atoms with van der Waals surface area (Å²) in [6.07, 6.45) is 0.854. The molecule has 0 saturated carbocycles. The molecule has 5 heteroatoms. The van der Waals surface area contributed by atoms with Crippen molar-refractivity contribution in [2.24, 2.45) is 0 Å². The average Bonchev–Trinajstić information content (AvgIpc) is 2.65. The number of rotatable bonds is 6. The topological polar surface area (TPSA) is 56.5 Å². The number of esters is 1. The number of hydrogen-bond acceptors (Lipinski definition) is 5. The summed E-state index contributed by atoms with van der Waals surface area (Å²) in [6, 6.07) is 16.8. The van der Waals surface area contributed by atoms with E-state index >= 15 is 0 Å². The summed E-state index contributed by atoms with van der Waals surface area (Å²) >= 11 is 1.44. The van der Waals surface area contributed by atoms with Crippen molar-refractivity contribution in [2.75, 3.05) is 0 Å². The Morgan fingerprint density at radius 1 is 1.15 bits per heavy atom. The van der Waals surface area contributed by atoms with Gasteiger partial charge in [-0.3, -0.25) is 4.79 Å². The third-order valence-electron chi connectivity index (χ3n) is 4.06. The number of fused-ring (bicyclic) bond motifs is 1. The summed E-state index contributed by atoms with van der Waals surface area (Å²) in [5.74, 6) is -0.314. The first kappa shape index (κ1) is 18.3. The number of hydrogen-bond donors (Lipinski definition) is 0. The van der Waals surface area contributed by atoms with Gasteiger partial charge in [-0.15, -0.1) is 11.8 Å². The maximum absolute atomic E-state index is 12.3. The lowest BCUT2D eigenvalue weighted by Crippen LogP contribution is -2.17. The summed E-state index contributed by atoms with van der Waals surface area (Å²) < 4.78 is 10.7. The Balaban J connectivity index is 1.72. The van der Waals surface area contributed by atoms with Crippen LogP contribution in [0.4, 0.5) is 0 Å². The highest BCUT2D eigenvalue weighted by Crippen LogP contribution is 2.24. The smallest absolute Gasteiger partial charge is 0.336 e. The van der Waals surface area contributed by atoms with Crippen LogP contribution in [0.1, 0.15) is 25.0 Å². The Morgan fingerprint density at radius 3 is 2.65 bits per heavy atom. The van der Waals surface area contributed by atoms with E-state index in [1.165, 1.54) is 17.8 Å². The highest BCUT2D eigenvalue weighted by Gasteiger charge is 2.17. The maximum Gasteiger partial charge on any atom is 0.336 e. The van der Waals surface area contributed by atoms with Crippen LogP contribution in [0.3, 0.4) is 0 Å². The normalized spacial score (nSPS) is 12.1. The quantitative estimate of drug-likeness (QED) is 0.362. The highest BCUT2D eigenvalue weighted by atomic mass is 32.2. The standard InChI is InChI=1S/C21H20O4S/c1-3-15-9-10-18-16(12-20(22)25-19(18)11-15)13-24-21(23)14(2)26-17-7-5-4-6-8-17/h4-12,14H,3,13H2,1-2H3/t14-/m1/s1. The van der Waals surface area contributed by atoms with Crippen molar-refractivity contribution in [3.05, 3.63) is 76.1 Å². The molecule has 26 heavy (non-hydrogen) atoms. The first-order valence-electron chi connectivity index (χ1n) is 8.51. The molecule has 0 aliphatic carbocycles. The molecular formula is C21H20O4S. The molecule has 0 bridgehead atoms. The fraction of sp³-hybridized carbons (Fsp3) is 0.238. The van der Waals surface area contributed by atoms with E-state index in [4.69, 9.17) is 9.15 Å². The van der Waals surface area contributed by atoms with Crippen molar-refractivity contribution in [1.82, 2.24) is 0 Å². The Bertz CT molecular complexity index is 963. The zero-order valence-corrected chi connectivity index (χ0v) is 15.5. The molecule has 0 aliphatic rings. The van der Waals surface area contributed by atoms with Gasteiger partial charge >= 0.3 is 11.6 Å². The molecule has 4 nitrogen and oxygen atoms in total. The molecule has 3 aromatic rings. The summed E-state index contributed by atoms with van der Waals surface area (Å²) in [5.41, 5.74) is 1.82. The van der Waals surface area contributed by atoms with E-state index in [1.807, 2.05) is 62.4 Å². The zero-order valence-electron chi connectivity index (χ0n) is 14.7. The Hall–Kier alpha value is -2.53. The van der Waals surface area contributed by atoms with E-state index in [0.29, 0.717) is 11.1 Å². The third kappa shape index (κ3) is 4.35. The van der Waals surface area contributed by atoms with E-state index in [1.54, 1.807) is 0 Å². The zero-order chi connectivity index (χ0) is 18.5. The Morgan fingerprint density at radius 2 is 1.92 bits per heavy atom. The molecule has 1 atom stereocenters. The molecule has 0 saturated heterocycles. The van der Waals surface area contributed by atoms with Gasteiger partial charge in [0.2, 0.25) is 0 Å². The average molecular weight is 368 g/mol. The van der Waals surface area contributed by atoms with Crippen LogP contribution in [0.15, 0.2) is 68.7 Å². The van der Waals surface area contributed by atoms with Crippen LogP contribution >= 0.6 is 11.8 Å². The first-order valence-corrected chi connectivity index (χ1v) is 9.39. The van der Waals surface area contributed by atoms with Gasteiger partial charge in [-0.05, 0) is 37.1 Å². The van der Waals surface area contributed by atoms with Crippen molar-refractivity contribution in [2.45, 2.75) is 37.0 Å².